The van der Waals surface area contributed by atoms with Crippen molar-refractivity contribution in [2.24, 2.45) is 0 Å². The number of rotatable bonds is 7. The molecule has 0 radical (unpaired) electrons. The van der Waals surface area contributed by atoms with E-state index in [-0.39, 0.29) is 11.5 Å². The zero-order valence-electron chi connectivity index (χ0n) is 10.8. The molecule has 0 saturated carbocycles. The normalized spacial score (nSPS) is 14.1. The molecule has 1 rings (SSSR count). The van der Waals surface area contributed by atoms with Crippen molar-refractivity contribution in [3.63, 3.8) is 0 Å². The summed E-state index contributed by atoms with van der Waals surface area (Å²) >= 11 is 1.22. The Balaban J connectivity index is 2.40. The van der Waals surface area contributed by atoms with Crippen LogP contribution < -0.4 is 10.5 Å². The maximum Gasteiger partial charge on any atom is 0.415 e. The third-order valence-corrected chi connectivity index (χ3v) is 4.96. The third-order valence-electron chi connectivity index (χ3n) is 2.35. The molecule has 0 amide bonds. The second kappa shape index (κ2) is 7.34. The summed E-state index contributed by atoms with van der Waals surface area (Å²) in [4.78, 5) is 0.764. The Kier molecular flexibility index (Phi) is 6.32. The molecule has 0 aliphatic rings. The number of alkyl halides is 3. The largest absolute Gasteiger partial charge is 0.415 e. The average molecular weight is 344 g/mol. The van der Waals surface area contributed by atoms with Gasteiger partial charge in [0.1, 0.15) is 0 Å². The molecule has 0 saturated heterocycles. The maximum absolute atomic E-state index is 12.0. The Bertz CT molecular complexity index is 564. The molecule has 1 aromatic rings. The molecular formula is C11H15F3N2O3S2. The molecule has 0 heterocycles. The first kappa shape index (κ1) is 18.1. The predicted molar refractivity (Wildman–Crippen MR) is 75.4 cm³/mol. The first-order valence-corrected chi connectivity index (χ1v) is 8.44. The van der Waals surface area contributed by atoms with Crippen LogP contribution in [0.1, 0.15) is 0 Å². The van der Waals surface area contributed by atoms with Crippen LogP contribution in [0.25, 0.3) is 0 Å². The quantitative estimate of drug-likeness (QED) is 0.511. The van der Waals surface area contributed by atoms with Gasteiger partial charge in [0.15, 0.2) is 6.10 Å². The van der Waals surface area contributed by atoms with Gasteiger partial charge in [-0.3, -0.25) is 0 Å². The zero-order chi connectivity index (χ0) is 16.1. The number of hydrogen-bond acceptors (Lipinski definition) is 5. The molecule has 21 heavy (non-hydrogen) atoms. The fourth-order valence-electron chi connectivity index (χ4n) is 1.27. The van der Waals surface area contributed by atoms with E-state index in [0.29, 0.717) is 5.69 Å². The highest BCUT2D eigenvalue weighted by atomic mass is 32.2. The fourth-order valence-corrected chi connectivity index (χ4v) is 3.66. The van der Waals surface area contributed by atoms with Crippen molar-refractivity contribution in [3.05, 3.63) is 24.3 Å². The summed E-state index contributed by atoms with van der Waals surface area (Å²) in [5.74, 6) is -0.210. The molecule has 10 heteroatoms. The molecule has 1 aromatic carbocycles. The summed E-state index contributed by atoms with van der Waals surface area (Å²) in [6.07, 6.45) is -7.56. The number of aliphatic hydroxyl groups is 1. The van der Waals surface area contributed by atoms with Crippen LogP contribution in [-0.4, -0.2) is 43.9 Å². The molecule has 0 aliphatic heterocycles. The summed E-state index contributed by atoms with van der Waals surface area (Å²) < 4.78 is 60.8. The van der Waals surface area contributed by atoms with Crippen molar-refractivity contribution >= 4 is 27.5 Å². The van der Waals surface area contributed by atoms with E-state index in [2.05, 4.69) is 0 Å². The second-order valence-corrected chi connectivity index (χ2v) is 7.24. The smallest absolute Gasteiger partial charge is 0.399 e. The lowest BCUT2D eigenvalue weighted by Crippen LogP contribution is -2.41. The lowest BCUT2D eigenvalue weighted by molar-refractivity contribution is -0.200. The van der Waals surface area contributed by atoms with Crippen LogP contribution in [0.4, 0.5) is 18.9 Å². The number of thioether (sulfide) groups is 1. The minimum absolute atomic E-state index is 0.154. The number of benzene rings is 1. The number of nitrogens with two attached hydrogens (primary N) is 1. The zero-order valence-corrected chi connectivity index (χ0v) is 12.4. The van der Waals surface area contributed by atoms with Gasteiger partial charge >= 0.3 is 6.18 Å². The van der Waals surface area contributed by atoms with Crippen molar-refractivity contribution in [2.75, 3.05) is 23.8 Å². The van der Waals surface area contributed by atoms with E-state index in [4.69, 9.17) is 10.8 Å². The minimum Gasteiger partial charge on any atom is -0.399 e. The number of hydrogen-bond donors (Lipinski definition) is 3. The van der Waals surface area contributed by atoms with Gasteiger partial charge < -0.3 is 10.8 Å². The standard InChI is InChI=1S/C11H15F3N2O3S2/c12-11(13,14)10(17)7-16-21(18,19)5-4-20-9-3-1-2-8(15)6-9/h1-3,6,10,16-17H,4-5,7,15H2. The molecule has 0 aromatic heterocycles. The Hall–Kier alpha value is -0.970. The van der Waals surface area contributed by atoms with Gasteiger partial charge in [-0.25, -0.2) is 13.1 Å². The topological polar surface area (TPSA) is 92.4 Å². The van der Waals surface area contributed by atoms with Gasteiger partial charge in [0.2, 0.25) is 10.0 Å². The van der Waals surface area contributed by atoms with Gasteiger partial charge in [-0.05, 0) is 18.2 Å². The fraction of sp³-hybridized carbons (Fsp3) is 0.455. The van der Waals surface area contributed by atoms with Crippen molar-refractivity contribution in [3.8, 4) is 0 Å². The van der Waals surface area contributed by atoms with Crippen LogP contribution in [-0.2, 0) is 10.0 Å². The first-order valence-electron chi connectivity index (χ1n) is 5.80. The van der Waals surface area contributed by atoms with Crippen molar-refractivity contribution in [1.29, 1.82) is 0 Å². The molecule has 0 spiro atoms. The van der Waals surface area contributed by atoms with E-state index in [1.807, 2.05) is 0 Å². The Morgan fingerprint density at radius 3 is 2.62 bits per heavy atom. The third kappa shape index (κ3) is 7.02. The summed E-state index contributed by atoms with van der Waals surface area (Å²) in [6, 6.07) is 6.80. The summed E-state index contributed by atoms with van der Waals surface area (Å²) in [5, 5.41) is 8.71. The number of sulfonamides is 1. The number of halogens is 3. The lowest BCUT2D eigenvalue weighted by atomic mass is 10.3. The summed E-state index contributed by atoms with van der Waals surface area (Å²) in [5.41, 5.74) is 6.10. The van der Waals surface area contributed by atoms with Gasteiger partial charge in [-0.1, -0.05) is 6.07 Å². The maximum atomic E-state index is 12.0. The highest BCUT2D eigenvalue weighted by Crippen LogP contribution is 2.21. The van der Waals surface area contributed by atoms with Crippen molar-refractivity contribution < 1.29 is 26.7 Å². The second-order valence-electron chi connectivity index (χ2n) is 4.15. The van der Waals surface area contributed by atoms with Crippen LogP contribution in [0, 0.1) is 0 Å². The van der Waals surface area contributed by atoms with E-state index in [9.17, 15) is 21.6 Å². The van der Waals surface area contributed by atoms with Crippen LogP contribution in [0.5, 0.6) is 0 Å². The highest BCUT2D eigenvalue weighted by Gasteiger charge is 2.38. The van der Waals surface area contributed by atoms with Gasteiger partial charge in [-0.15, -0.1) is 11.8 Å². The molecule has 1 atom stereocenters. The van der Waals surface area contributed by atoms with Crippen molar-refractivity contribution in [2.45, 2.75) is 17.2 Å². The van der Waals surface area contributed by atoms with Crippen molar-refractivity contribution in [1.82, 2.24) is 4.72 Å². The Morgan fingerprint density at radius 2 is 2.05 bits per heavy atom. The number of anilines is 1. The Labute approximate surface area is 124 Å². The molecule has 1 unspecified atom stereocenters. The Morgan fingerprint density at radius 1 is 1.38 bits per heavy atom. The molecule has 0 aliphatic carbocycles. The number of nitrogens with one attached hydrogen (secondary N) is 1. The van der Waals surface area contributed by atoms with Crippen LogP contribution in [0.3, 0.4) is 0 Å². The van der Waals surface area contributed by atoms with E-state index < -0.39 is 28.8 Å². The number of nitrogen functional groups attached to an aromatic ring is 1. The SMILES string of the molecule is Nc1cccc(SCCS(=O)(=O)NCC(O)C(F)(F)F)c1. The average Bonchev–Trinajstić information content (AvgIpc) is 2.35. The van der Waals surface area contributed by atoms with E-state index in [1.54, 1.807) is 29.0 Å². The molecule has 0 fully saturated rings. The van der Waals surface area contributed by atoms with Crippen LogP contribution in [0.15, 0.2) is 29.2 Å². The molecule has 120 valence electrons. The van der Waals surface area contributed by atoms with Gasteiger partial charge in [0.25, 0.3) is 0 Å². The van der Waals surface area contributed by atoms with Crippen LogP contribution in [0.2, 0.25) is 0 Å². The molecule has 4 N–H and O–H groups in total. The molecular weight excluding hydrogens is 329 g/mol. The van der Waals surface area contributed by atoms with E-state index in [0.717, 1.165) is 4.90 Å². The van der Waals surface area contributed by atoms with Gasteiger partial charge in [0, 0.05) is 22.9 Å². The molecule has 0 bridgehead atoms. The van der Waals surface area contributed by atoms with Gasteiger partial charge in [0.05, 0.1) is 5.75 Å². The number of aliphatic hydroxyl groups excluding tert-OH is 1. The monoisotopic (exact) mass is 344 g/mol. The minimum atomic E-state index is -4.85. The predicted octanol–water partition coefficient (Wildman–Crippen LogP) is 1.20. The van der Waals surface area contributed by atoms with E-state index in [1.165, 1.54) is 11.8 Å². The summed E-state index contributed by atoms with van der Waals surface area (Å²) in [7, 11) is -3.88. The lowest BCUT2D eigenvalue weighted by Gasteiger charge is -2.15. The molecule has 5 nitrogen and oxygen atoms in total. The highest BCUT2D eigenvalue weighted by molar-refractivity contribution is 8.00. The van der Waals surface area contributed by atoms with Crippen LogP contribution >= 0.6 is 11.8 Å². The first-order chi connectivity index (χ1) is 9.60. The van der Waals surface area contributed by atoms with E-state index >= 15 is 0 Å². The van der Waals surface area contributed by atoms with Gasteiger partial charge in [-0.2, -0.15) is 13.2 Å². The summed E-state index contributed by atoms with van der Waals surface area (Å²) in [6.45, 7) is -1.09.